The fourth-order valence-corrected chi connectivity index (χ4v) is 3.83. The second kappa shape index (κ2) is 8.29. The zero-order valence-corrected chi connectivity index (χ0v) is 14.5. The van der Waals surface area contributed by atoms with E-state index in [4.69, 9.17) is 0 Å². The predicted molar refractivity (Wildman–Crippen MR) is 96.6 cm³/mol. The standard InChI is InChI=1S/C18H26N4O3/c23-18(9-10-19-16-7-1-2-8-17(16)22(24)25)21-13-5-6-15(14-21)20-11-3-4-12-20/h1-2,7-8,15,19H,3-6,9-14H2/t15-/m1/s1. The van der Waals surface area contributed by atoms with Crippen LogP contribution in [0.25, 0.3) is 0 Å². The van der Waals surface area contributed by atoms with Crippen LogP contribution in [0.3, 0.4) is 0 Å². The quantitative estimate of drug-likeness (QED) is 0.632. The van der Waals surface area contributed by atoms with E-state index in [1.165, 1.54) is 25.3 Å². The molecule has 0 bridgehead atoms. The van der Waals surface area contributed by atoms with Gasteiger partial charge in [-0.3, -0.25) is 19.8 Å². The summed E-state index contributed by atoms with van der Waals surface area (Å²) in [6.07, 6.45) is 5.13. The lowest BCUT2D eigenvalue weighted by Gasteiger charge is -2.37. The van der Waals surface area contributed by atoms with Gasteiger partial charge in [-0.15, -0.1) is 0 Å². The average Bonchev–Trinajstić information content (AvgIpc) is 3.17. The molecule has 1 amide bonds. The van der Waals surface area contributed by atoms with Crippen LogP contribution in [-0.4, -0.2) is 59.4 Å². The Kier molecular flexibility index (Phi) is 5.86. The lowest BCUT2D eigenvalue weighted by Crippen LogP contribution is -2.49. The topological polar surface area (TPSA) is 78.7 Å². The average molecular weight is 346 g/mol. The van der Waals surface area contributed by atoms with Crippen molar-refractivity contribution >= 4 is 17.3 Å². The molecule has 1 aromatic carbocycles. The number of hydrogen-bond donors (Lipinski definition) is 1. The minimum atomic E-state index is -0.407. The van der Waals surface area contributed by atoms with Gasteiger partial charge in [-0.1, -0.05) is 12.1 Å². The molecule has 0 aromatic heterocycles. The molecule has 2 saturated heterocycles. The third-order valence-corrected chi connectivity index (χ3v) is 5.16. The molecule has 0 saturated carbocycles. The van der Waals surface area contributed by atoms with Crippen molar-refractivity contribution < 1.29 is 9.72 Å². The summed E-state index contributed by atoms with van der Waals surface area (Å²) in [7, 11) is 0. The van der Waals surface area contributed by atoms with Crippen LogP contribution in [0.2, 0.25) is 0 Å². The lowest BCUT2D eigenvalue weighted by molar-refractivity contribution is -0.384. The highest BCUT2D eigenvalue weighted by Crippen LogP contribution is 2.23. The van der Waals surface area contributed by atoms with Gasteiger partial charge in [-0.2, -0.15) is 0 Å². The molecule has 2 aliphatic heterocycles. The summed E-state index contributed by atoms with van der Waals surface area (Å²) in [6, 6.07) is 7.04. The van der Waals surface area contributed by atoms with E-state index in [9.17, 15) is 14.9 Å². The smallest absolute Gasteiger partial charge is 0.292 e. The highest BCUT2D eigenvalue weighted by Gasteiger charge is 2.29. The first-order valence-electron chi connectivity index (χ1n) is 9.14. The van der Waals surface area contributed by atoms with Crippen LogP contribution in [0.15, 0.2) is 24.3 Å². The molecule has 0 spiro atoms. The van der Waals surface area contributed by atoms with Crippen LogP contribution >= 0.6 is 0 Å². The molecule has 7 heteroatoms. The Morgan fingerprint density at radius 2 is 1.96 bits per heavy atom. The zero-order valence-electron chi connectivity index (χ0n) is 14.5. The summed E-state index contributed by atoms with van der Waals surface area (Å²) in [6.45, 7) is 4.38. The maximum absolute atomic E-state index is 12.5. The van der Waals surface area contributed by atoms with Gasteiger partial charge in [0.25, 0.3) is 5.69 Å². The fraction of sp³-hybridized carbons (Fsp3) is 0.611. The normalized spacial score (nSPS) is 21.3. The molecular formula is C18H26N4O3. The molecule has 3 rings (SSSR count). The lowest BCUT2D eigenvalue weighted by atomic mass is 10.0. The van der Waals surface area contributed by atoms with E-state index in [1.54, 1.807) is 18.2 Å². The maximum atomic E-state index is 12.5. The minimum absolute atomic E-state index is 0.0435. The highest BCUT2D eigenvalue weighted by atomic mass is 16.6. The number of hydrogen-bond acceptors (Lipinski definition) is 5. The van der Waals surface area contributed by atoms with E-state index < -0.39 is 4.92 Å². The number of nitrogens with one attached hydrogen (secondary N) is 1. The van der Waals surface area contributed by atoms with Gasteiger partial charge in [0.2, 0.25) is 5.91 Å². The number of rotatable bonds is 6. The number of likely N-dealkylation sites (tertiary alicyclic amines) is 2. The maximum Gasteiger partial charge on any atom is 0.292 e. The molecule has 0 radical (unpaired) electrons. The summed E-state index contributed by atoms with van der Waals surface area (Å²) in [5.41, 5.74) is 0.510. The van der Waals surface area contributed by atoms with Gasteiger partial charge in [0, 0.05) is 38.2 Å². The SMILES string of the molecule is O=C(CCNc1ccccc1[N+](=O)[O-])N1CCC[C@@H](N2CCCC2)C1. The molecule has 25 heavy (non-hydrogen) atoms. The Morgan fingerprint density at radius 3 is 2.72 bits per heavy atom. The summed E-state index contributed by atoms with van der Waals surface area (Å²) in [5, 5.41) is 14.0. The van der Waals surface area contributed by atoms with Crippen molar-refractivity contribution in [2.24, 2.45) is 0 Å². The van der Waals surface area contributed by atoms with Gasteiger partial charge < -0.3 is 10.2 Å². The number of carbonyl (C=O) groups excluding carboxylic acids is 1. The monoisotopic (exact) mass is 346 g/mol. The van der Waals surface area contributed by atoms with Crippen LogP contribution in [0.1, 0.15) is 32.1 Å². The van der Waals surface area contributed by atoms with Gasteiger partial charge in [-0.25, -0.2) is 0 Å². The van der Waals surface area contributed by atoms with Gasteiger partial charge in [0.15, 0.2) is 0 Å². The Labute approximate surface area is 148 Å². The number of benzene rings is 1. The number of carbonyl (C=O) groups is 1. The Balaban J connectivity index is 1.48. The van der Waals surface area contributed by atoms with E-state index in [2.05, 4.69) is 10.2 Å². The number of nitro benzene ring substituents is 1. The molecule has 1 N–H and O–H groups in total. The largest absolute Gasteiger partial charge is 0.379 e. The number of nitrogens with zero attached hydrogens (tertiary/aromatic N) is 3. The fourth-order valence-electron chi connectivity index (χ4n) is 3.83. The second-order valence-corrected chi connectivity index (χ2v) is 6.83. The Morgan fingerprint density at radius 1 is 1.20 bits per heavy atom. The first-order chi connectivity index (χ1) is 12.1. The molecular weight excluding hydrogens is 320 g/mol. The predicted octanol–water partition coefficient (Wildman–Crippen LogP) is 2.48. The van der Waals surface area contributed by atoms with E-state index in [-0.39, 0.29) is 11.6 Å². The summed E-state index contributed by atoms with van der Waals surface area (Å²) >= 11 is 0. The number of para-hydroxylation sites is 2. The Bertz CT molecular complexity index is 616. The molecule has 7 nitrogen and oxygen atoms in total. The summed E-state index contributed by atoms with van der Waals surface area (Å²) < 4.78 is 0. The van der Waals surface area contributed by atoms with Crippen LogP contribution in [-0.2, 0) is 4.79 Å². The molecule has 1 aromatic rings. The number of nitro groups is 1. The van der Waals surface area contributed by atoms with Crippen LogP contribution in [0.5, 0.6) is 0 Å². The van der Waals surface area contributed by atoms with Crippen molar-refractivity contribution in [3.63, 3.8) is 0 Å². The third-order valence-electron chi connectivity index (χ3n) is 5.16. The molecule has 2 heterocycles. The van der Waals surface area contributed by atoms with Gasteiger partial charge in [0.05, 0.1) is 4.92 Å². The van der Waals surface area contributed by atoms with Crippen LogP contribution in [0, 0.1) is 10.1 Å². The number of amides is 1. The van der Waals surface area contributed by atoms with E-state index in [1.807, 2.05) is 4.90 Å². The third kappa shape index (κ3) is 4.48. The van der Waals surface area contributed by atoms with Gasteiger partial charge in [-0.05, 0) is 44.8 Å². The molecule has 0 aliphatic carbocycles. The van der Waals surface area contributed by atoms with Gasteiger partial charge >= 0.3 is 0 Å². The van der Waals surface area contributed by atoms with Crippen molar-refractivity contribution in [2.45, 2.75) is 38.1 Å². The van der Waals surface area contributed by atoms with E-state index in [0.717, 1.165) is 32.6 Å². The molecule has 2 aliphatic rings. The van der Waals surface area contributed by atoms with Crippen LogP contribution in [0.4, 0.5) is 11.4 Å². The molecule has 1 atom stereocenters. The first kappa shape index (κ1) is 17.7. The first-order valence-corrected chi connectivity index (χ1v) is 9.14. The molecule has 2 fully saturated rings. The molecule has 0 unspecified atom stereocenters. The van der Waals surface area contributed by atoms with Crippen LogP contribution < -0.4 is 5.32 Å². The van der Waals surface area contributed by atoms with Crippen molar-refractivity contribution in [3.8, 4) is 0 Å². The van der Waals surface area contributed by atoms with Gasteiger partial charge in [0.1, 0.15) is 5.69 Å². The molecule has 136 valence electrons. The van der Waals surface area contributed by atoms with Crippen molar-refractivity contribution in [3.05, 3.63) is 34.4 Å². The second-order valence-electron chi connectivity index (χ2n) is 6.83. The van der Waals surface area contributed by atoms with Crippen molar-refractivity contribution in [2.75, 3.05) is 38.0 Å². The van der Waals surface area contributed by atoms with Crippen molar-refractivity contribution in [1.82, 2.24) is 9.80 Å². The van der Waals surface area contributed by atoms with Crippen molar-refractivity contribution in [1.29, 1.82) is 0 Å². The summed E-state index contributed by atoms with van der Waals surface area (Å²) in [4.78, 5) is 27.6. The van der Waals surface area contributed by atoms with E-state index in [0.29, 0.717) is 24.7 Å². The van der Waals surface area contributed by atoms with E-state index >= 15 is 0 Å². The Hall–Kier alpha value is -2.15. The number of anilines is 1. The summed E-state index contributed by atoms with van der Waals surface area (Å²) in [5.74, 6) is 0.134. The highest BCUT2D eigenvalue weighted by molar-refractivity contribution is 5.77. The zero-order chi connectivity index (χ0) is 17.6. The number of piperidine rings is 1. The minimum Gasteiger partial charge on any atom is -0.379 e.